The summed E-state index contributed by atoms with van der Waals surface area (Å²) in [6, 6.07) is 0. The van der Waals surface area contributed by atoms with E-state index in [1.54, 1.807) is 0 Å². The van der Waals surface area contributed by atoms with Gasteiger partial charge < -0.3 is 20.4 Å². The number of hydrogen-bond donors (Lipinski definition) is 4. The molecular formula is C11H26O4. The minimum atomic E-state index is -0.560. The summed E-state index contributed by atoms with van der Waals surface area (Å²) in [6.07, 6.45) is -0.979. The van der Waals surface area contributed by atoms with Crippen LogP contribution in [0.3, 0.4) is 0 Å². The van der Waals surface area contributed by atoms with Gasteiger partial charge in [-0.2, -0.15) is 0 Å². The van der Waals surface area contributed by atoms with Crippen LogP contribution < -0.4 is 0 Å². The van der Waals surface area contributed by atoms with Gasteiger partial charge in [0, 0.05) is 5.41 Å². The van der Waals surface area contributed by atoms with E-state index in [2.05, 4.69) is 0 Å². The summed E-state index contributed by atoms with van der Waals surface area (Å²) in [7, 11) is 0. The number of rotatable bonds is 4. The van der Waals surface area contributed by atoms with Gasteiger partial charge in [-0.1, -0.05) is 27.7 Å². The van der Waals surface area contributed by atoms with Gasteiger partial charge in [-0.3, -0.25) is 0 Å². The van der Waals surface area contributed by atoms with E-state index in [9.17, 15) is 5.11 Å². The highest BCUT2D eigenvalue weighted by Crippen LogP contribution is 2.24. The predicted octanol–water partition coefficient (Wildman–Crippen LogP) is 0.381. The molecule has 0 aliphatic rings. The van der Waals surface area contributed by atoms with Gasteiger partial charge in [0.2, 0.25) is 0 Å². The van der Waals surface area contributed by atoms with E-state index in [0.29, 0.717) is 0 Å². The smallest absolute Gasteiger partial charge is 0.0742 e. The van der Waals surface area contributed by atoms with Crippen molar-refractivity contribution in [2.24, 2.45) is 11.3 Å². The largest absolute Gasteiger partial charge is 0.396 e. The standard InChI is InChI=1S/C8H18O2.C3H8O2/c1-6(2)7(10)8(3,4)5-9;1-3(5)2-4/h6-7,9-10H,5H2,1-4H3;3-5H,2H2,1H3. The van der Waals surface area contributed by atoms with Crippen LogP contribution in [0.15, 0.2) is 0 Å². The molecule has 4 N–H and O–H groups in total. The summed E-state index contributed by atoms with van der Waals surface area (Å²) >= 11 is 0. The molecule has 0 rings (SSSR count). The Balaban J connectivity index is 0. The molecule has 2 atom stereocenters. The molecule has 0 radical (unpaired) electrons. The van der Waals surface area contributed by atoms with Crippen LogP contribution in [0.2, 0.25) is 0 Å². The Morgan fingerprint density at radius 2 is 1.33 bits per heavy atom. The third-order valence-electron chi connectivity index (χ3n) is 2.10. The van der Waals surface area contributed by atoms with Crippen molar-refractivity contribution in [1.82, 2.24) is 0 Å². The molecule has 15 heavy (non-hydrogen) atoms. The summed E-state index contributed by atoms with van der Waals surface area (Å²) in [5.41, 5.74) is -0.367. The predicted molar refractivity (Wildman–Crippen MR) is 60.5 cm³/mol. The van der Waals surface area contributed by atoms with Crippen molar-refractivity contribution in [3.05, 3.63) is 0 Å². The lowest BCUT2D eigenvalue weighted by molar-refractivity contribution is -0.0204. The van der Waals surface area contributed by atoms with Crippen molar-refractivity contribution in [3.8, 4) is 0 Å². The maximum absolute atomic E-state index is 9.49. The molecule has 2 unspecified atom stereocenters. The molecular weight excluding hydrogens is 196 g/mol. The summed E-state index contributed by atoms with van der Waals surface area (Å²) < 4.78 is 0. The summed E-state index contributed by atoms with van der Waals surface area (Å²) in [5, 5.41) is 34.4. The fourth-order valence-corrected chi connectivity index (χ4v) is 0.996. The van der Waals surface area contributed by atoms with Crippen LogP contribution in [0.4, 0.5) is 0 Å². The maximum Gasteiger partial charge on any atom is 0.0742 e. The molecule has 0 saturated heterocycles. The second-order valence-electron chi connectivity index (χ2n) is 4.87. The second-order valence-corrected chi connectivity index (χ2v) is 4.87. The zero-order valence-corrected chi connectivity index (χ0v) is 10.4. The maximum atomic E-state index is 9.49. The molecule has 94 valence electrons. The van der Waals surface area contributed by atoms with Crippen LogP contribution in [0, 0.1) is 11.3 Å². The molecule has 0 fully saturated rings. The SMILES string of the molecule is CC(C)C(O)C(C)(C)CO.CC(O)CO. The highest BCUT2D eigenvalue weighted by molar-refractivity contribution is 4.78. The quantitative estimate of drug-likeness (QED) is 0.554. The third kappa shape index (κ3) is 8.81. The Morgan fingerprint density at radius 1 is 1.00 bits per heavy atom. The van der Waals surface area contributed by atoms with Crippen molar-refractivity contribution in [2.45, 2.75) is 46.8 Å². The van der Waals surface area contributed by atoms with Gasteiger partial charge in [0.15, 0.2) is 0 Å². The van der Waals surface area contributed by atoms with E-state index in [1.165, 1.54) is 6.92 Å². The van der Waals surface area contributed by atoms with Crippen molar-refractivity contribution in [3.63, 3.8) is 0 Å². The molecule has 0 spiro atoms. The number of aliphatic hydroxyl groups excluding tert-OH is 4. The average Bonchev–Trinajstić information content (AvgIpc) is 2.17. The molecule has 0 aromatic rings. The molecule has 0 aromatic carbocycles. The summed E-state index contributed by atoms with van der Waals surface area (Å²) in [6.45, 7) is 9.03. The summed E-state index contributed by atoms with van der Waals surface area (Å²) in [4.78, 5) is 0. The van der Waals surface area contributed by atoms with Crippen LogP contribution in [0.5, 0.6) is 0 Å². The van der Waals surface area contributed by atoms with Crippen molar-refractivity contribution < 1.29 is 20.4 Å². The van der Waals surface area contributed by atoms with E-state index in [-0.39, 0.29) is 24.5 Å². The lowest BCUT2D eigenvalue weighted by atomic mass is 9.82. The van der Waals surface area contributed by atoms with Crippen LogP contribution in [-0.2, 0) is 0 Å². The molecule has 0 amide bonds. The lowest BCUT2D eigenvalue weighted by Crippen LogP contribution is -2.36. The van der Waals surface area contributed by atoms with Crippen LogP contribution in [0.1, 0.15) is 34.6 Å². The van der Waals surface area contributed by atoms with Gasteiger partial charge in [0.05, 0.1) is 25.4 Å². The Labute approximate surface area is 92.6 Å². The van der Waals surface area contributed by atoms with Crippen LogP contribution >= 0.6 is 0 Å². The molecule has 0 aliphatic heterocycles. The highest BCUT2D eigenvalue weighted by atomic mass is 16.3. The fourth-order valence-electron chi connectivity index (χ4n) is 0.996. The Kier molecular flexibility index (Phi) is 9.25. The zero-order valence-electron chi connectivity index (χ0n) is 10.4. The first kappa shape index (κ1) is 17.2. The molecule has 0 saturated carbocycles. The minimum absolute atomic E-state index is 0.0341. The van der Waals surface area contributed by atoms with E-state index in [4.69, 9.17) is 15.3 Å². The van der Waals surface area contributed by atoms with E-state index in [1.807, 2.05) is 27.7 Å². The van der Waals surface area contributed by atoms with Gasteiger partial charge in [-0.15, -0.1) is 0 Å². The van der Waals surface area contributed by atoms with Crippen molar-refractivity contribution in [2.75, 3.05) is 13.2 Å². The Bertz CT molecular complexity index is 144. The topological polar surface area (TPSA) is 80.9 Å². The van der Waals surface area contributed by atoms with Crippen molar-refractivity contribution >= 4 is 0 Å². The normalized spacial score (nSPS) is 15.6. The second kappa shape index (κ2) is 8.05. The number of hydrogen-bond acceptors (Lipinski definition) is 4. The first-order chi connectivity index (χ1) is 6.68. The molecule has 0 bridgehead atoms. The Morgan fingerprint density at radius 3 is 1.40 bits per heavy atom. The van der Waals surface area contributed by atoms with E-state index >= 15 is 0 Å². The van der Waals surface area contributed by atoms with Gasteiger partial charge in [0.25, 0.3) is 0 Å². The minimum Gasteiger partial charge on any atom is -0.396 e. The molecule has 0 heterocycles. The van der Waals surface area contributed by atoms with Crippen LogP contribution in [0.25, 0.3) is 0 Å². The van der Waals surface area contributed by atoms with Gasteiger partial charge in [0.1, 0.15) is 0 Å². The third-order valence-corrected chi connectivity index (χ3v) is 2.10. The number of aliphatic hydroxyl groups is 4. The fraction of sp³-hybridized carbons (Fsp3) is 1.00. The molecule has 0 aromatic heterocycles. The van der Waals surface area contributed by atoms with Crippen LogP contribution in [-0.4, -0.2) is 45.8 Å². The molecule has 4 heteroatoms. The average molecular weight is 222 g/mol. The Hall–Kier alpha value is -0.160. The molecule has 4 nitrogen and oxygen atoms in total. The zero-order chi connectivity index (χ0) is 12.6. The van der Waals surface area contributed by atoms with Gasteiger partial charge >= 0.3 is 0 Å². The molecule has 0 aliphatic carbocycles. The first-order valence-electron chi connectivity index (χ1n) is 5.26. The van der Waals surface area contributed by atoms with Crippen molar-refractivity contribution in [1.29, 1.82) is 0 Å². The summed E-state index contributed by atoms with van der Waals surface area (Å²) in [5.74, 6) is 0.210. The lowest BCUT2D eigenvalue weighted by Gasteiger charge is -2.30. The van der Waals surface area contributed by atoms with Gasteiger partial charge in [-0.05, 0) is 12.8 Å². The van der Waals surface area contributed by atoms with Gasteiger partial charge in [-0.25, -0.2) is 0 Å². The highest BCUT2D eigenvalue weighted by Gasteiger charge is 2.28. The first-order valence-corrected chi connectivity index (χ1v) is 5.26. The van der Waals surface area contributed by atoms with E-state index < -0.39 is 12.2 Å². The monoisotopic (exact) mass is 222 g/mol. The van der Waals surface area contributed by atoms with E-state index in [0.717, 1.165) is 0 Å².